The highest BCUT2D eigenvalue weighted by Crippen LogP contribution is 2.29. The Morgan fingerprint density at radius 3 is 2.28 bits per heavy atom. The maximum atomic E-state index is 13.1. The average Bonchev–Trinajstić information content (AvgIpc) is 3.01. The Kier molecular flexibility index (Phi) is 7.45. The van der Waals surface area contributed by atoms with Crippen LogP contribution in [0.1, 0.15) is 44.6 Å². The predicted octanol–water partition coefficient (Wildman–Crippen LogP) is 2.15. The van der Waals surface area contributed by atoms with E-state index in [1.54, 1.807) is 4.90 Å². The highest BCUT2D eigenvalue weighted by molar-refractivity contribution is 6.00. The third kappa shape index (κ3) is 5.14. The Balaban J connectivity index is 1.28. The second-order valence-electron chi connectivity index (χ2n) is 9.28. The molecule has 1 aromatic carbocycles. The van der Waals surface area contributed by atoms with E-state index >= 15 is 0 Å². The fourth-order valence-electron chi connectivity index (χ4n) is 5.17. The molecule has 1 unspecified atom stereocenters. The molecule has 3 aliphatic heterocycles. The van der Waals surface area contributed by atoms with Gasteiger partial charge in [0.05, 0.1) is 12.5 Å². The molecule has 1 atom stereocenters. The van der Waals surface area contributed by atoms with E-state index in [4.69, 9.17) is 0 Å². The second kappa shape index (κ2) is 10.5. The zero-order chi connectivity index (χ0) is 22.5. The number of para-hydroxylation sites is 1. The summed E-state index contributed by atoms with van der Waals surface area (Å²) in [5.74, 6) is 0.0512. The number of hydrogen-bond donors (Lipinski definition) is 0. The van der Waals surface area contributed by atoms with E-state index < -0.39 is 0 Å². The molecule has 4 rings (SSSR count). The molecule has 3 heterocycles. The van der Waals surface area contributed by atoms with Crippen LogP contribution in [0.25, 0.3) is 0 Å². The molecule has 7 nitrogen and oxygen atoms in total. The van der Waals surface area contributed by atoms with Gasteiger partial charge in [0, 0.05) is 57.9 Å². The number of hydrogen-bond acceptors (Lipinski definition) is 4. The van der Waals surface area contributed by atoms with E-state index in [1.165, 1.54) is 12.8 Å². The first-order valence-corrected chi connectivity index (χ1v) is 12.2. The third-order valence-electron chi connectivity index (χ3n) is 7.14. The summed E-state index contributed by atoms with van der Waals surface area (Å²) in [4.78, 5) is 46.4. The number of nitrogens with zero attached hydrogens (tertiary/aromatic N) is 4. The van der Waals surface area contributed by atoms with Gasteiger partial charge in [-0.25, -0.2) is 0 Å². The highest BCUT2D eigenvalue weighted by atomic mass is 16.2. The molecule has 174 valence electrons. The van der Waals surface area contributed by atoms with Crippen molar-refractivity contribution in [2.75, 3.05) is 57.3 Å². The number of amides is 3. The van der Waals surface area contributed by atoms with E-state index in [2.05, 4.69) is 11.8 Å². The van der Waals surface area contributed by atoms with Crippen LogP contribution < -0.4 is 4.90 Å². The van der Waals surface area contributed by atoms with Gasteiger partial charge in [0.2, 0.25) is 17.7 Å². The summed E-state index contributed by atoms with van der Waals surface area (Å²) in [5, 5.41) is 0. The van der Waals surface area contributed by atoms with Gasteiger partial charge in [-0.3, -0.25) is 19.3 Å². The van der Waals surface area contributed by atoms with Crippen LogP contribution in [0.2, 0.25) is 0 Å². The molecule has 7 heteroatoms. The smallest absolute Gasteiger partial charge is 0.236 e. The number of rotatable bonds is 5. The molecule has 0 aliphatic carbocycles. The van der Waals surface area contributed by atoms with Crippen molar-refractivity contribution in [1.82, 2.24) is 14.7 Å². The topological polar surface area (TPSA) is 64.2 Å². The quantitative estimate of drug-likeness (QED) is 0.704. The Hall–Kier alpha value is -2.41. The molecule has 3 fully saturated rings. The fraction of sp³-hybridized carbons (Fsp3) is 0.640. The van der Waals surface area contributed by atoms with E-state index in [-0.39, 0.29) is 30.1 Å². The number of piperazine rings is 1. The minimum Gasteiger partial charge on any atom is -0.342 e. The second-order valence-corrected chi connectivity index (χ2v) is 9.28. The summed E-state index contributed by atoms with van der Waals surface area (Å²) >= 11 is 0. The van der Waals surface area contributed by atoms with Crippen LogP contribution in [-0.4, -0.2) is 84.8 Å². The Morgan fingerprint density at radius 2 is 1.59 bits per heavy atom. The molecule has 32 heavy (non-hydrogen) atoms. The van der Waals surface area contributed by atoms with Crippen molar-refractivity contribution in [3.05, 3.63) is 29.8 Å². The van der Waals surface area contributed by atoms with Crippen LogP contribution in [0.4, 0.5) is 5.69 Å². The minimum atomic E-state index is -0.280. The molecule has 0 N–H and O–H groups in total. The molecule has 0 saturated carbocycles. The van der Waals surface area contributed by atoms with Crippen molar-refractivity contribution in [3.8, 4) is 0 Å². The minimum absolute atomic E-state index is 0.0333. The van der Waals surface area contributed by atoms with Crippen molar-refractivity contribution in [1.29, 1.82) is 0 Å². The molecule has 0 spiro atoms. The van der Waals surface area contributed by atoms with Crippen molar-refractivity contribution >= 4 is 23.4 Å². The monoisotopic (exact) mass is 440 g/mol. The number of benzene rings is 1. The van der Waals surface area contributed by atoms with Gasteiger partial charge < -0.3 is 14.7 Å². The van der Waals surface area contributed by atoms with Gasteiger partial charge in [0.1, 0.15) is 0 Å². The molecular weight excluding hydrogens is 404 g/mol. The van der Waals surface area contributed by atoms with E-state index in [1.807, 2.05) is 34.1 Å². The standard InChI is InChI=1S/C25H36N4O3/c1-2-20-9-5-6-10-22(20)29-18-21(17-23(29)30)25(32)28-15-13-26(14-16-28)19-24(31)27-11-7-3-4-8-12-27/h5-6,9-10,21H,2-4,7-8,11-19H2,1H3. The highest BCUT2D eigenvalue weighted by Gasteiger charge is 2.38. The number of likely N-dealkylation sites (tertiary alicyclic amines) is 1. The van der Waals surface area contributed by atoms with Crippen molar-refractivity contribution in [3.63, 3.8) is 0 Å². The lowest BCUT2D eigenvalue weighted by Gasteiger charge is -2.36. The first-order valence-electron chi connectivity index (χ1n) is 12.2. The fourth-order valence-corrected chi connectivity index (χ4v) is 5.17. The van der Waals surface area contributed by atoms with Gasteiger partial charge in [0.15, 0.2) is 0 Å². The van der Waals surface area contributed by atoms with Gasteiger partial charge in [-0.2, -0.15) is 0 Å². The van der Waals surface area contributed by atoms with Crippen molar-refractivity contribution in [2.24, 2.45) is 5.92 Å². The molecule has 0 aromatic heterocycles. The van der Waals surface area contributed by atoms with E-state index in [9.17, 15) is 14.4 Å². The van der Waals surface area contributed by atoms with Crippen LogP contribution in [0.5, 0.6) is 0 Å². The molecule has 3 aliphatic rings. The zero-order valence-electron chi connectivity index (χ0n) is 19.3. The van der Waals surface area contributed by atoms with Crippen LogP contribution in [0.3, 0.4) is 0 Å². The van der Waals surface area contributed by atoms with Crippen LogP contribution in [0.15, 0.2) is 24.3 Å². The number of aryl methyl sites for hydroxylation is 1. The molecule has 0 bridgehead atoms. The van der Waals surface area contributed by atoms with Gasteiger partial charge in [-0.1, -0.05) is 38.0 Å². The van der Waals surface area contributed by atoms with Crippen LogP contribution in [0, 0.1) is 5.92 Å². The Labute approximate surface area is 191 Å². The lowest BCUT2D eigenvalue weighted by Crippen LogP contribution is -2.53. The molecule has 1 aromatic rings. The van der Waals surface area contributed by atoms with Gasteiger partial charge in [-0.15, -0.1) is 0 Å². The number of carbonyl (C=O) groups is 3. The maximum absolute atomic E-state index is 13.1. The summed E-state index contributed by atoms with van der Waals surface area (Å²) in [6, 6.07) is 7.96. The summed E-state index contributed by atoms with van der Waals surface area (Å²) in [6.07, 6.45) is 5.79. The first-order chi connectivity index (χ1) is 15.6. The summed E-state index contributed by atoms with van der Waals surface area (Å²) < 4.78 is 0. The normalized spacial score (nSPS) is 22.8. The maximum Gasteiger partial charge on any atom is 0.236 e. The van der Waals surface area contributed by atoms with Gasteiger partial charge in [-0.05, 0) is 30.9 Å². The molecule has 0 radical (unpaired) electrons. The van der Waals surface area contributed by atoms with Crippen molar-refractivity contribution in [2.45, 2.75) is 45.4 Å². The summed E-state index contributed by atoms with van der Waals surface area (Å²) in [7, 11) is 0. The average molecular weight is 441 g/mol. The summed E-state index contributed by atoms with van der Waals surface area (Å²) in [6.45, 7) is 7.44. The largest absolute Gasteiger partial charge is 0.342 e. The van der Waals surface area contributed by atoms with Gasteiger partial charge >= 0.3 is 0 Å². The van der Waals surface area contributed by atoms with Gasteiger partial charge in [0.25, 0.3) is 0 Å². The first kappa shape index (κ1) is 22.8. The number of carbonyl (C=O) groups excluding carboxylic acids is 3. The Bertz CT molecular complexity index is 826. The lowest BCUT2D eigenvalue weighted by molar-refractivity contribution is -0.138. The van der Waals surface area contributed by atoms with Crippen molar-refractivity contribution < 1.29 is 14.4 Å². The van der Waals surface area contributed by atoms with Crippen LogP contribution in [-0.2, 0) is 20.8 Å². The molecule has 3 amide bonds. The third-order valence-corrected chi connectivity index (χ3v) is 7.14. The lowest BCUT2D eigenvalue weighted by atomic mass is 10.1. The Morgan fingerprint density at radius 1 is 0.906 bits per heavy atom. The van der Waals surface area contributed by atoms with E-state index in [0.717, 1.165) is 43.6 Å². The SMILES string of the molecule is CCc1ccccc1N1CC(C(=O)N2CCN(CC(=O)N3CCCCCC3)CC2)CC1=O. The molecular formula is C25H36N4O3. The van der Waals surface area contributed by atoms with Crippen LogP contribution >= 0.6 is 0 Å². The predicted molar refractivity (Wildman–Crippen MR) is 124 cm³/mol. The zero-order valence-corrected chi connectivity index (χ0v) is 19.3. The number of anilines is 1. The summed E-state index contributed by atoms with van der Waals surface area (Å²) in [5.41, 5.74) is 2.07. The molecule has 3 saturated heterocycles. The van der Waals surface area contributed by atoms with E-state index in [0.29, 0.717) is 39.3 Å².